The molecule has 0 radical (unpaired) electrons. The molecule has 3 aromatic rings. The van der Waals surface area contributed by atoms with Gasteiger partial charge in [-0.2, -0.15) is 0 Å². The van der Waals surface area contributed by atoms with Crippen LogP contribution in [0.1, 0.15) is 63.8 Å². The molecule has 0 aromatic heterocycles. The zero-order chi connectivity index (χ0) is 30.7. The lowest BCUT2D eigenvalue weighted by molar-refractivity contribution is -0.137. The summed E-state index contributed by atoms with van der Waals surface area (Å²) in [6.45, 7) is 12.3. The summed E-state index contributed by atoms with van der Waals surface area (Å²) in [5.41, 5.74) is 3.05. The van der Waals surface area contributed by atoms with Crippen LogP contribution in [0.2, 0.25) is 0 Å². The van der Waals surface area contributed by atoms with Gasteiger partial charge in [0.05, 0.1) is 27.1 Å². The van der Waals surface area contributed by atoms with Gasteiger partial charge in [0.25, 0.3) is 0 Å². The normalized spacial score (nSPS) is 10.8. The van der Waals surface area contributed by atoms with Crippen molar-refractivity contribution in [2.45, 2.75) is 65.2 Å². The van der Waals surface area contributed by atoms with E-state index in [2.05, 4.69) is 41.5 Å². The minimum Gasteiger partial charge on any atom is -0.508 e. The predicted octanol–water partition coefficient (Wildman–Crippen LogP) is 6.34. The maximum absolute atomic E-state index is 10.3. The third-order valence-electron chi connectivity index (χ3n) is 5.76. The average molecular weight is 555 g/mol. The van der Waals surface area contributed by atoms with Gasteiger partial charge in [-0.05, 0) is 58.4 Å². The molecule has 0 heterocycles. The van der Waals surface area contributed by atoms with Crippen LogP contribution in [0.3, 0.4) is 0 Å². The second kappa shape index (κ2) is 14.8. The van der Waals surface area contributed by atoms with Crippen LogP contribution in [-0.4, -0.2) is 46.6 Å². The van der Waals surface area contributed by atoms with Crippen LogP contribution >= 0.6 is 0 Å². The van der Waals surface area contributed by atoms with Crippen LogP contribution in [0.25, 0.3) is 0 Å². The lowest BCUT2D eigenvalue weighted by atomic mass is 9.86. The molecule has 4 N–H and O–H groups in total. The van der Waals surface area contributed by atoms with Crippen LogP contribution < -0.4 is 9.47 Å². The molecule has 218 valence electrons. The highest BCUT2D eigenvalue weighted by molar-refractivity contribution is 5.71. The van der Waals surface area contributed by atoms with Crippen molar-refractivity contribution in [3.8, 4) is 23.0 Å². The summed E-state index contributed by atoms with van der Waals surface area (Å²) >= 11 is 0. The fraction of sp³-hybridized carbons (Fsp3) is 0.375. The van der Waals surface area contributed by atoms with Crippen molar-refractivity contribution in [1.29, 1.82) is 0 Å². The van der Waals surface area contributed by atoms with Gasteiger partial charge < -0.3 is 29.9 Å². The number of benzene rings is 3. The summed E-state index contributed by atoms with van der Waals surface area (Å²) in [5.74, 6) is 0.430. The Hall–Kier alpha value is -4.20. The van der Waals surface area contributed by atoms with E-state index in [0.29, 0.717) is 22.6 Å². The van der Waals surface area contributed by atoms with Gasteiger partial charge in [-0.3, -0.25) is 9.59 Å². The zero-order valence-corrected chi connectivity index (χ0v) is 24.6. The zero-order valence-electron chi connectivity index (χ0n) is 24.6. The minimum absolute atomic E-state index is 0.0344. The van der Waals surface area contributed by atoms with E-state index < -0.39 is 11.9 Å². The van der Waals surface area contributed by atoms with Crippen molar-refractivity contribution in [3.05, 3.63) is 82.9 Å². The molecule has 0 amide bonds. The van der Waals surface area contributed by atoms with Gasteiger partial charge >= 0.3 is 11.9 Å². The van der Waals surface area contributed by atoms with Crippen molar-refractivity contribution in [1.82, 2.24) is 0 Å². The second-order valence-electron chi connectivity index (χ2n) is 11.2. The van der Waals surface area contributed by atoms with Crippen molar-refractivity contribution >= 4 is 11.9 Å². The Labute approximate surface area is 236 Å². The maximum Gasteiger partial charge on any atom is 0.307 e. The Kier molecular flexibility index (Phi) is 12.5. The van der Waals surface area contributed by atoms with Gasteiger partial charge in [-0.25, -0.2) is 0 Å². The molecule has 8 heteroatoms. The summed E-state index contributed by atoms with van der Waals surface area (Å²) in [6.07, 6.45) is -0.0687. The van der Waals surface area contributed by atoms with E-state index in [4.69, 9.17) is 19.7 Å². The summed E-state index contributed by atoms with van der Waals surface area (Å²) in [7, 11) is 3.25. The van der Waals surface area contributed by atoms with E-state index in [9.17, 15) is 19.8 Å². The Morgan fingerprint density at radius 1 is 0.600 bits per heavy atom. The fourth-order valence-electron chi connectivity index (χ4n) is 3.61. The molecule has 0 saturated carbocycles. The number of carboxylic acids is 2. The third kappa shape index (κ3) is 11.7. The number of phenolic OH excluding ortho intramolecular Hbond substituents is 2. The molecule has 40 heavy (non-hydrogen) atoms. The van der Waals surface area contributed by atoms with Crippen LogP contribution in [0.15, 0.2) is 60.7 Å². The van der Waals surface area contributed by atoms with Gasteiger partial charge in [0.2, 0.25) is 0 Å². The molecule has 0 aliphatic rings. The minimum atomic E-state index is -0.893. The number of carbonyl (C=O) groups is 2. The van der Waals surface area contributed by atoms with E-state index in [0.717, 1.165) is 22.6 Å². The highest BCUT2D eigenvalue weighted by atomic mass is 16.5. The Morgan fingerprint density at radius 2 is 0.900 bits per heavy atom. The number of aromatic hydroxyl groups is 2. The quantitative estimate of drug-likeness (QED) is 0.277. The smallest absolute Gasteiger partial charge is 0.307 e. The SMILES string of the molecule is COc1ccc(O)c(C(C)(C)C)c1.COc1ccc(O)c(C(C)(C)C)c1.O=C(O)Cc1ccc(CC(=O)O)cc1. The molecule has 0 saturated heterocycles. The lowest BCUT2D eigenvalue weighted by Crippen LogP contribution is -2.11. The van der Waals surface area contributed by atoms with Gasteiger partial charge in [-0.1, -0.05) is 65.8 Å². The van der Waals surface area contributed by atoms with Crippen LogP contribution in [0.5, 0.6) is 23.0 Å². The average Bonchev–Trinajstić information content (AvgIpc) is 2.85. The molecule has 3 rings (SSSR count). The number of ether oxygens (including phenoxy) is 2. The number of phenols is 2. The largest absolute Gasteiger partial charge is 0.508 e. The molecule has 0 bridgehead atoms. The first-order valence-corrected chi connectivity index (χ1v) is 12.7. The Balaban J connectivity index is 0.000000300. The molecule has 0 unspecified atom stereocenters. The number of carboxylic acid groups (broad SMARTS) is 2. The molecular formula is C32H42O8. The van der Waals surface area contributed by atoms with Crippen LogP contribution in [0.4, 0.5) is 0 Å². The van der Waals surface area contributed by atoms with Gasteiger partial charge in [0.15, 0.2) is 0 Å². The Morgan fingerprint density at radius 3 is 1.12 bits per heavy atom. The topological polar surface area (TPSA) is 134 Å². The first-order valence-electron chi connectivity index (χ1n) is 12.7. The molecule has 8 nitrogen and oxygen atoms in total. The summed E-state index contributed by atoms with van der Waals surface area (Å²) in [5, 5.41) is 36.2. The fourth-order valence-corrected chi connectivity index (χ4v) is 3.61. The summed E-state index contributed by atoms with van der Waals surface area (Å²) in [4.78, 5) is 20.7. The van der Waals surface area contributed by atoms with Gasteiger partial charge in [-0.15, -0.1) is 0 Å². The van der Waals surface area contributed by atoms with E-state index in [1.807, 2.05) is 12.1 Å². The molecule has 0 fully saturated rings. The van der Waals surface area contributed by atoms with Crippen molar-refractivity contribution in [2.24, 2.45) is 0 Å². The van der Waals surface area contributed by atoms with Crippen molar-refractivity contribution in [3.63, 3.8) is 0 Å². The summed E-state index contributed by atoms with van der Waals surface area (Å²) < 4.78 is 10.2. The van der Waals surface area contributed by atoms with Gasteiger partial charge in [0, 0.05) is 11.1 Å². The first-order chi connectivity index (χ1) is 18.5. The lowest BCUT2D eigenvalue weighted by Gasteiger charge is -2.20. The van der Waals surface area contributed by atoms with Gasteiger partial charge in [0.1, 0.15) is 23.0 Å². The molecule has 0 aliphatic carbocycles. The number of rotatable bonds is 6. The molecular weight excluding hydrogens is 512 g/mol. The predicted molar refractivity (Wildman–Crippen MR) is 156 cm³/mol. The van der Waals surface area contributed by atoms with Crippen LogP contribution in [0, 0.1) is 0 Å². The monoisotopic (exact) mass is 554 g/mol. The Bertz CT molecular complexity index is 1150. The molecule has 3 aromatic carbocycles. The summed E-state index contributed by atoms with van der Waals surface area (Å²) in [6, 6.07) is 17.1. The first kappa shape index (κ1) is 33.8. The van der Waals surface area contributed by atoms with E-state index >= 15 is 0 Å². The molecule has 0 aliphatic heterocycles. The number of hydrogen-bond donors (Lipinski definition) is 4. The van der Waals surface area contributed by atoms with E-state index in [1.165, 1.54) is 0 Å². The van der Waals surface area contributed by atoms with Crippen molar-refractivity contribution < 1.29 is 39.5 Å². The third-order valence-corrected chi connectivity index (χ3v) is 5.76. The van der Waals surface area contributed by atoms with Crippen molar-refractivity contribution in [2.75, 3.05) is 14.2 Å². The number of methoxy groups -OCH3 is 2. The highest BCUT2D eigenvalue weighted by Crippen LogP contribution is 2.34. The molecule has 0 atom stereocenters. The highest BCUT2D eigenvalue weighted by Gasteiger charge is 2.19. The standard InChI is InChI=1S/2C11H16O2.C10H10O4/c2*1-11(2,3)9-7-8(13-4)5-6-10(9)12;11-9(12)5-7-1-2-8(4-3-7)6-10(13)14/h2*5-7,12H,1-4H3;1-4H,5-6H2,(H,11,12)(H,13,14). The van der Waals surface area contributed by atoms with Crippen LogP contribution in [-0.2, 0) is 33.3 Å². The maximum atomic E-state index is 10.3. The number of hydrogen-bond acceptors (Lipinski definition) is 6. The van der Waals surface area contributed by atoms with E-state index in [-0.39, 0.29) is 23.7 Å². The number of aliphatic carboxylic acids is 2. The molecule has 0 spiro atoms. The van der Waals surface area contributed by atoms with E-state index in [1.54, 1.807) is 62.8 Å². The second-order valence-corrected chi connectivity index (χ2v) is 11.2.